The molecule has 0 saturated heterocycles. The molecule has 38 heavy (non-hydrogen) atoms. The number of halogens is 1. The lowest BCUT2D eigenvalue weighted by Crippen LogP contribution is -2.39. The number of aryl methyl sites for hydroxylation is 1. The molecule has 1 saturated carbocycles. The van der Waals surface area contributed by atoms with Crippen molar-refractivity contribution in [3.8, 4) is 0 Å². The molecule has 3 aromatic rings. The van der Waals surface area contributed by atoms with Crippen LogP contribution in [0.2, 0.25) is 0 Å². The highest BCUT2D eigenvalue weighted by molar-refractivity contribution is 7.89. The average molecular weight is 579 g/mol. The van der Waals surface area contributed by atoms with Gasteiger partial charge in [0.25, 0.3) is 5.91 Å². The molecule has 0 radical (unpaired) electrons. The molecule has 2 aromatic carbocycles. The minimum Gasteiger partial charge on any atom is -0.302 e. The van der Waals surface area contributed by atoms with Crippen LogP contribution in [0.1, 0.15) is 61.9 Å². The van der Waals surface area contributed by atoms with Gasteiger partial charge in [0.2, 0.25) is 10.0 Å². The second kappa shape index (κ2) is 13.3. The van der Waals surface area contributed by atoms with E-state index in [9.17, 15) is 13.2 Å². The number of hydrogen-bond acceptors (Lipinski definition) is 6. The van der Waals surface area contributed by atoms with Gasteiger partial charge in [-0.25, -0.2) is 13.4 Å². The maximum Gasteiger partial charge on any atom is 0.260 e. The predicted molar refractivity (Wildman–Crippen MR) is 159 cm³/mol. The Bertz CT molecular complexity index is 1320. The number of aromatic nitrogens is 1. The SMILES string of the molecule is CCN(CC)CCN(C(=O)c1ccc(S(=O)(=O)N(C)C2CCCCC2)cc1)c1nc2c(C)cccc2s1.Cl. The van der Waals surface area contributed by atoms with E-state index in [1.807, 2.05) is 25.1 Å². The standard InChI is InChI=1S/C28H38N4O3S2.ClH/c1-5-31(6-2)19-20-32(28-29-26-21(3)11-10-14-25(26)36-28)27(33)22-15-17-24(18-16-22)37(34,35)30(4)23-12-8-7-9-13-23;/h10-11,14-18,23H,5-9,12-13,19-20H2,1-4H3;1H. The highest BCUT2D eigenvalue weighted by Gasteiger charge is 2.29. The van der Waals surface area contributed by atoms with Crippen LogP contribution in [0.25, 0.3) is 10.2 Å². The van der Waals surface area contributed by atoms with Crippen molar-refractivity contribution in [3.05, 3.63) is 53.6 Å². The summed E-state index contributed by atoms with van der Waals surface area (Å²) >= 11 is 1.51. The van der Waals surface area contributed by atoms with Gasteiger partial charge >= 0.3 is 0 Å². The van der Waals surface area contributed by atoms with Gasteiger partial charge in [-0.2, -0.15) is 4.31 Å². The van der Waals surface area contributed by atoms with E-state index in [1.54, 1.807) is 36.2 Å². The molecule has 10 heteroatoms. The van der Waals surface area contributed by atoms with Gasteiger partial charge in [0.1, 0.15) is 0 Å². The Morgan fingerprint density at radius 1 is 1.00 bits per heavy atom. The van der Waals surface area contributed by atoms with E-state index in [4.69, 9.17) is 4.98 Å². The number of carbonyl (C=O) groups is 1. The number of sulfonamides is 1. The summed E-state index contributed by atoms with van der Waals surface area (Å²) in [6.45, 7) is 9.28. The third-order valence-corrected chi connectivity index (χ3v) is 10.5. The number of carbonyl (C=O) groups excluding carboxylic acids is 1. The number of para-hydroxylation sites is 1. The molecule has 0 N–H and O–H groups in total. The number of likely N-dealkylation sites (N-methyl/N-ethyl adjacent to an activating group) is 1. The van der Waals surface area contributed by atoms with Gasteiger partial charge in [0.15, 0.2) is 5.13 Å². The Kier molecular flexibility index (Phi) is 10.7. The van der Waals surface area contributed by atoms with Crippen molar-refractivity contribution in [2.75, 3.05) is 38.1 Å². The maximum atomic E-state index is 13.8. The van der Waals surface area contributed by atoms with E-state index in [2.05, 4.69) is 18.7 Å². The van der Waals surface area contributed by atoms with Crippen molar-refractivity contribution >= 4 is 55.0 Å². The molecule has 1 fully saturated rings. The number of rotatable bonds is 10. The number of anilines is 1. The van der Waals surface area contributed by atoms with Crippen LogP contribution in [0.5, 0.6) is 0 Å². The van der Waals surface area contributed by atoms with E-state index in [-0.39, 0.29) is 29.3 Å². The summed E-state index contributed by atoms with van der Waals surface area (Å²) in [5.41, 5.74) is 2.44. The molecule has 208 valence electrons. The van der Waals surface area contributed by atoms with Gasteiger partial charge in [-0.15, -0.1) is 12.4 Å². The second-order valence-electron chi connectivity index (χ2n) is 9.74. The number of benzene rings is 2. The lowest BCUT2D eigenvalue weighted by Gasteiger charge is -2.30. The summed E-state index contributed by atoms with van der Waals surface area (Å²) < 4.78 is 29.1. The number of thiazole rings is 1. The first kappa shape index (κ1) is 30.5. The predicted octanol–water partition coefficient (Wildman–Crippen LogP) is 5.97. The minimum atomic E-state index is -3.61. The lowest BCUT2D eigenvalue weighted by molar-refractivity contribution is 0.0983. The topological polar surface area (TPSA) is 73.8 Å². The Labute approximate surface area is 237 Å². The molecule has 0 bridgehead atoms. The van der Waals surface area contributed by atoms with Crippen molar-refractivity contribution in [2.24, 2.45) is 0 Å². The third kappa shape index (κ3) is 6.57. The quantitative estimate of drug-likeness (QED) is 0.296. The normalized spacial score (nSPS) is 14.7. The number of nitrogens with zero attached hydrogens (tertiary/aromatic N) is 4. The fourth-order valence-corrected chi connectivity index (χ4v) is 7.47. The molecule has 0 spiro atoms. The zero-order chi connectivity index (χ0) is 26.6. The molecule has 1 aromatic heterocycles. The van der Waals surface area contributed by atoms with Gasteiger partial charge in [-0.1, -0.05) is 56.6 Å². The first-order valence-corrected chi connectivity index (χ1v) is 15.5. The minimum absolute atomic E-state index is 0. The highest BCUT2D eigenvalue weighted by atomic mass is 35.5. The van der Waals surface area contributed by atoms with Gasteiger partial charge in [0.05, 0.1) is 15.1 Å². The molecule has 0 unspecified atom stereocenters. The smallest absolute Gasteiger partial charge is 0.260 e. The molecule has 1 amide bonds. The monoisotopic (exact) mass is 578 g/mol. The Hall–Kier alpha value is -2.04. The number of fused-ring (bicyclic) bond motifs is 1. The maximum absolute atomic E-state index is 13.8. The summed E-state index contributed by atoms with van der Waals surface area (Å²) in [6, 6.07) is 12.5. The highest BCUT2D eigenvalue weighted by Crippen LogP contribution is 2.32. The largest absolute Gasteiger partial charge is 0.302 e. The van der Waals surface area contributed by atoms with Gasteiger partial charge in [0, 0.05) is 31.7 Å². The lowest BCUT2D eigenvalue weighted by atomic mass is 9.96. The Morgan fingerprint density at radius 2 is 1.66 bits per heavy atom. The second-order valence-corrected chi connectivity index (χ2v) is 12.7. The van der Waals surface area contributed by atoms with Crippen LogP contribution in [-0.4, -0.2) is 67.8 Å². The summed E-state index contributed by atoms with van der Waals surface area (Å²) in [6.07, 6.45) is 5.09. The van der Waals surface area contributed by atoms with Crippen LogP contribution in [-0.2, 0) is 10.0 Å². The van der Waals surface area contributed by atoms with Gasteiger partial charge in [-0.05, 0) is 68.8 Å². The zero-order valence-corrected chi connectivity index (χ0v) is 25.2. The van der Waals surface area contributed by atoms with Crippen LogP contribution < -0.4 is 4.90 Å². The van der Waals surface area contributed by atoms with E-state index >= 15 is 0 Å². The van der Waals surface area contributed by atoms with Crippen LogP contribution in [0.15, 0.2) is 47.4 Å². The zero-order valence-electron chi connectivity index (χ0n) is 22.7. The van der Waals surface area contributed by atoms with E-state index in [0.29, 0.717) is 17.2 Å². The number of amides is 1. The van der Waals surface area contributed by atoms with Crippen LogP contribution >= 0.6 is 23.7 Å². The fourth-order valence-electron chi connectivity index (χ4n) is 4.99. The third-order valence-electron chi connectivity index (χ3n) is 7.49. The van der Waals surface area contributed by atoms with Crippen molar-refractivity contribution < 1.29 is 13.2 Å². The van der Waals surface area contributed by atoms with Crippen molar-refractivity contribution in [2.45, 2.75) is 63.8 Å². The summed E-state index contributed by atoms with van der Waals surface area (Å²) in [4.78, 5) is 22.8. The van der Waals surface area contributed by atoms with Crippen molar-refractivity contribution in [1.82, 2.24) is 14.2 Å². The molecule has 1 aliphatic carbocycles. The van der Waals surface area contributed by atoms with E-state index in [0.717, 1.165) is 61.1 Å². The Balaban J connectivity index is 0.00000400. The molecule has 7 nitrogen and oxygen atoms in total. The molecule has 0 aliphatic heterocycles. The average Bonchev–Trinajstić information content (AvgIpc) is 3.36. The van der Waals surface area contributed by atoms with Crippen molar-refractivity contribution in [1.29, 1.82) is 0 Å². The van der Waals surface area contributed by atoms with Crippen LogP contribution in [0, 0.1) is 6.92 Å². The molecule has 0 atom stereocenters. The number of hydrogen-bond donors (Lipinski definition) is 0. The molecule has 1 aliphatic rings. The summed E-state index contributed by atoms with van der Waals surface area (Å²) in [7, 11) is -1.94. The summed E-state index contributed by atoms with van der Waals surface area (Å²) in [5.74, 6) is -0.173. The van der Waals surface area contributed by atoms with E-state index < -0.39 is 10.0 Å². The van der Waals surface area contributed by atoms with Crippen LogP contribution in [0.4, 0.5) is 5.13 Å². The van der Waals surface area contributed by atoms with Crippen LogP contribution in [0.3, 0.4) is 0 Å². The Morgan fingerprint density at radius 3 is 2.26 bits per heavy atom. The first-order chi connectivity index (χ1) is 17.8. The summed E-state index contributed by atoms with van der Waals surface area (Å²) in [5, 5.41) is 0.662. The molecule has 4 rings (SSSR count). The molecular formula is C28H39ClN4O3S2. The van der Waals surface area contributed by atoms with Gasteiger partial charge < -0.3 is 4.90 Å². The molecule has 1 heterocycles. The van der Waals surface area contributed by atoms with E-state index in [1.165, 1.54) is 22.1 Å². The van der Waals surface area contributed by atoms with Gasteiger partial charge in [-0.3, -0.25) is 9.69 Å². The van der Waals surface area contributed by atoms with Crippen molar-refractivity contribution in [3.63, 3.8) is 0 Å². The fraction of sp³-hybridized carbons (Fsp3) is 0.500. The molecular weight excluding hydrogens is 540 g/mol. The first-order valence-electron chi connectivity index (χ1n) is 13.2.